The fourth-order valence-corrected chi connectivity index (χ4v) is 4.19. The van der Waals surface area contributed by atoms with Gasteiger partial charge in [0.25, 0.3) is 0 Å². The maximum atomic E-state index is 11.9. The van der Waals surface area contributed by atoms with Crippen molar-refractivity contribution in [2.75, 3.05) is 24.2 Å². The van der Waals surface area contributed by atoms with E-state index in [1.54, 1.807) is 0 Å². The molecule has 0 bridgehead atoms. The van der Waals surface area contributed by atoms with Gasteiger partial charge in [0.05, 0.1) is 11.9 Å². The van der Waals surface area contributed by atoms with Crippen molar-refractivity contribution in [3.8, 4) is 0 Å². The zero-order valence-corrected chi connectivity index (χ0v) is 16.0. The number of ether oxygens (including phenoxy) is 1. The zero-order valence-electron chi connectivity index (χ0n) is 14.4. The topological polar surface area (TPSA) is 76.1 Å². The van der Waals surface area contributed by atoms with Crippen LogP contribution in [0.15, 0.2) is 22.5 Å². The standard InChI is InChI=1S/C17H22N4O2S2/c1-11-5-6-14(12(2)8-11)19-16-20-21-17(25-16)24-10-15(22)18-9-13-4-3-7-23-13/h5-6,8,13H,3-4,7,9-10H2,1-2H3,(H,18,22)(H,19,20)/t13-/m0/s1. The van der Waals surface area contributed by atoms with Crippen molar-refractivity contribution in [3.05, 3.63) is 29.3 Å². The van der Waals surface area contributed by atoms with Crippen LogP contribution in [0.4, 0.5) is 10.8 Å². The Hall–Kier alpha value is -1.64. The van der Waals surface area contributed by atoms with E-state index in [0.717, 1.165) is 40.2 Å². The van der Waals surface area contributed by atoms with E-state index in [4.69, 9.17) is 4.74 Å². The van der Waals surface area contributed by atoms with E-state index in [1.807, 2.05) is 6.07 Å². The number of aromatic nitrogens is 2. The van der Waals surface area contributed by atoms with Crippen LogP contribution in [0.1, 0.15) is 24.0 Å². The Labute approximate surface area is 155 Å². The smallest absolute Gasteiger partial charge is 0.230 e. The van der Waals surface area contributed by atoms with E-state index >= 15 is 0 Å². The molecule has 1 fully saturated rings. The molecule has 0 radical (unpaired) electrons. The molecular weight excluding hydrogens is 356 g/mol. The van der Waals surface area contributed by atoms with Crippen LogP contribution < -0.4 is 10.6 Å². The number of carbonyl (C=O) groups is 1. The minimum absolute atomic E-state index is 0.000381. The molecule has 1 aromatic heterocycles. The van der Waals surface area contributed by atoms with E-state index in [1.165, 1.54) is 28.7 Å². The number of aryl methyl sites for hydroxylation is 2. The number of amides is 1. The molecule has 3 rings (SSSR count). The van der Waals surface area contributed by atoms with Crippen LogP contribution in [-0.4, -0.2) is 41.1 Å². The summed E-state index contributed by atoms with van der Waals surface area (Å²) in [6.45, 7) is 5.52. The first-order valence-electron chi connectivity index (χ1n) is 8.29. The molecule has 1 atom stereocenters. The number of hydrogen-bond acceptors (Lipinski definition) is 7. The highest BCUT2D eigenvalue weighted by Crippen LogP contribution is 2.28. The third-order valence-electron chi connectivity index (χ3n) is 3.91. The number of hydrogen-bond donors (Lipinski definition) is 2. The summed E-state index contributed by atoms with van der Waals surface area (Å²) in [4.78, 5) is 11.9. The van der Waals surface area contributed by atoms with Crippen molar-refractivity contribution in [1.82, 2.24) is 15.5 Å². The summed E-state index contributed by atoms with van der Waals surface area (Å²) in [7, 11) is 0. The average Bonchev–Trinajstić information content (AvgIpc) is 3.25. The second-order valence-electron chi connectivity index (χ2n) is 6.04. The minimum Gasteiger partial charge on any atom is -0.376 e. The average molecular weight is 379 g/mol. The molecule has 0 unspecified atom stereocenters. The molecule has 0 aliphatic carbocycles. The molecule has 2 N–H and O–H groups in total. The largest absolute Gasteiger partial charge is 0.376 e. The maximum absolute atomic E-state index is 11.9. The SMILES string of the molecule is Cc1ccc(Nc2nnc(SCC(=O)NC[C@@H]3CCCO3)s2)c(C)c1. The summed E-state index contributed by atoms with van der Waals surface area (Å²) in [5.41, 5.74) is 3.41. The molecule has 1 aliphatic heterocycles. The lowest BCUT2D eigenvalue weighted by molar-refractivity contribution is -0.119. The molecule has 0 spiro atoms. The van der Waals surface area contributed by atoms with E-state index in [-0.39, 0.29) is 12.0 Å². The normalized spacial score (nSPS) is 16.8. The van der Waals surface area contributed by atoms with Crippen molar-refractivity contribution in [2.24, 2.45) is 0 Å². The molecule has 8 heteroatoms. The van der Waals surface area contributed by atoms with Gasteiger partial charge >= 0.3 is 0 Å². The van der Waals surface area contributed by atoms with Gasteiger partial charge in [-0.15, -0.1) is 10.2 Å². The summed E-state index contributed by atoms with van der Waals surface area (Å²) in [5.74, 6) is 0.338. The summed E-state index contributed by atoms with van der Waals surface area (Å²) in [6, 6.07) is 6.22. The molecule has 0 saturated carbocycles. The lowest BCUT2D eigenvalue weighted by Gasteiger charge is -2.09. The number of rotatable bonds is 7. The van der Waals surface area contributed by atoms with Gasteiger partial charge in [-0.1, -0.05) is 40.8 Å². The Morgan fingerprint density at radius 3 is 3.04 bits per heavy atom. The number of benzene rings is 1. The van der Waals surface area contributed by atoms with Crippen molar-refractivity contribution < 1.29 is 9.53 Å². The molecule has 1 saturated heterocycles. The predicted molar refractivity (Wildman–Crippen MR) is 102 cm³/mol. The second-order valence-corrected chi connectivity index (χ2v) is 8.24. The fraction of sp³-hybridized carbons (Fsp3) is 0.471. The van der Waals surface area contributed by atoms with Crippen molar-refractivity contribution in [3.63, 3.8) is 0 Å². The van der Waals surface area contributed by atoms with Gasteiger partial charge in [-0.2, -0.15) is 0 Å². The van der Waals surface area contributed by atoms with Gasteiger partial charge in [-0.05, 0) is 38.3 Å². The van der Waals surface area contributed by atoms with Gasteiger partial charge in [0.1, 0.15) is 0 Å². The lowest BCUT2D eigenvalue weighted by Crippen LogP contribution is -2.32. The van der Waals surface area contributed by atoms with Crippen LogP contribution in [0.3, 0.4) is 0 Å². The molecule has 1 aliphatic rings. The van der Waals surface area contributed by atoms with Gasteiger partial charge < -0.3 is 15.4 Å². The van der Waals surface area contributed by atoms with Crippen LogP contribution in [-0.2, 0) is 9.53 Å². The number of anilines is 2. The Kier molecular flexibility index (Phi) is 6.28. The highest BCUT2D eigenvalue weighted by Gasteiger charge is 2.16. The number of carbonyl (C=O) groups excluding carboxylic acids is 1. The molecule has 2 heterocycles. The molecular formula is C17H22N4O2S2. The summed E-state index contributed by atoms with van der Waals surface area (Å²) < 4.78 is 6.27. The predicted octanol–water partition coefficient (Wildman–Crippen LogP) is 3.29. The monoisotopic (exact) mass is 378 g/mol. The van der Waals surface area contributed by atoms with Crippen molar-refractivity contribution >= 4 is 39.8 Å². The van der Waals surface area contributed by atoms with E-state index < -0.39 is 0 Å². The van der Waals surface area contributed by atoms with Crippen LogP contribution in [0.2, 0.25) is 0 Å². The number of thioether (sulfide) groups is 1. The number of nitrogens with one attached hydrogen (secondary N) is 2. The molecule has 6 nitrogen and oxygen atoms in total. The molecule has 134 valence electrons. The van der Waals surface area contributed by atoms with Gasteiger partial charge in [-0.25, -0.2) is 0 Å². The Morgan fingerprint density at radius 1 is 1.40 bits per heavy atom. The molecule has 1 aromatic carbocycles. The van der Waals surface area contributed by atoms with E-state index in [2.05, 4.69) is 46.8 Å². The third-order valence-corrected chi connectivity index (χ3v) is 5.88. The zero-order chi connectivity index (χ0) is 17.6. The first-order valence-corrected chi connectivity index (χ1v) is 10.1. The lowest BCUT2D eigenvalue weighted by atomic mass is 10.1. The van der Waals surface area contributed by atoms with Crippen molar-refractivity contribution in [1.29, 1.82) is 0 Å². The van der Waals surface area contributed by atoms with Gasteiger partial charge in [0.15, 0.2) is 4.34 Å². The molecule has 25 heavy (non-hydrogen) atoms. The highest BCUT2D eigenvalue weighted by molar-refractivity contribution is 8.01. The van der Waals surface area contributed by atoms with Crippen molar-refractivity contribution in [2.45, 2.75) is 37.1 Å². The Bertz CT molecular complexity index is 729. The Morgan fingerprint density at radius 2 is 2.28 bits per heavy atom. The van der Waals surface area contributed by atoms with Gasteiger partial charge in [-0.3, -0.25) is 4.79 Å². The Balaban J connectivity index is 1.45. The fourth-order valence-electron chi connectivity index (χ4n) is 2.60. The maximum Gasteiger partial charge on any atom is 0.230 e. The summed E-state index contributed by atoms with van der Waals surface area (Å²) >= 11 is 2.85. The summed E-state index contributed by atoms with van der Waals surface area (Å²) in [5, 5.41) is 15.2. The van der Waals surface area contributed by atoms with Crippen LogP contribution in [0.25, 0.3) is 0 Å². The first kappa shape index (κ1) is 18.2. The van der Waals surface area contributed by atoms with Gasteiger partial charge in [0, 0.05) is 18.8 Å². The molecule has 1 amide bonds. The first-order chi connectivity index (χ1) is 12.1. The third kappa shape index (κ3) is 5.42. The number of nitrogens with zero attached hydrogens (tertiary/aromatic N) is 2. The van der Waals surface area contributed by atoms with Gasteiger partial charge in [0.2, 0.25) is 11.0 Å². The van der Waals surface area contributed by atoms with E-state index in [9.17, 15) is 4.79 Å². The van der Waals surface area contributed by atoms with Crippen LogP contribution in [0, 0.1) is 13.8 Å². The summed E-state index contributed by atoms with van der Waals surface area (Å²) in [6.07, 6.45) is 2.28. The second kappa shape index (κ2) is 8.64. The highest BCUT2D eigenvalue weighted by atomic mass is 32.2. The minimum atomic E-state index is -0.000381. The molecule has 2 aromatic rings. The van der Waals surface area contributed by atoms with Crippen LogP contribution >= 0.6 is 23.1 Å². The van der Waals surface area contributed by atoms with Crippen LogP contribution in [0.5, 0.6) is 0 Å². The quantitative estimate of drug-likeness (QED) is 0.720. The van der Waals surface area contributed by atoms with E-state index in [0.29, 0.717) is 12.3 Å².